The van der Waals surface area contributed by atoms with Crippen LogP contribution in [0.1, 0.15) is 50.9 Å². The van der Waals surface area contributed by atoms with Gasteiger partial charge in [-0.15, -0.1) is 0 Å². The van der Waals surface area contributed by atoms with Crippen LogP contribution in [0.2, 0.25) is 0 Å². The molecule has 3 nitrogen and oxygen atoms in total. The van der Waals surface area contributed by atoms with Gasteiger partial charge < -0.3 is 0 Å². The smallest absolute Gasteiger partial charge is 0.270 e. The van der Waals surface area contributed by atoms with Crippen LogP contribution in [0.3, 0.4) is 0 Å². The maximum absolute atomic E-state index is 12.0. The van der Waals surface area contributed by atoms with Gasteiger partial charge in [-0.3, -0.25) is 9.48 Å². The lowest BCUT2D eigenvalue weighted by Crippen LogP contribution is -2.24. The summed E-state index contributed by atoms with van der Waals surface area (Å²) in [5, 5.41) is 0. The first kappa shape index (κ1) is 11.1. The van der Waals surface area contributed by atoms with E-state index in [1.807, 2.05) is 37.2 Å². The highest BCUT2D eigenvalue weighted by atomic mass is 16.1. The minimum Gasteiger partial charge on any atom is -0.289 e. The molecule has 14 heavy (non-hydrogen) atoms. The van der Waals surface area contributed by atoms with Crippen molar-refractivity contribution in [1.29, 1.82) is 0 Å². The lowest BCUT2D eigenvalue weighted by Gasteiger charge is -2.11. The van der Waals surface area contributed by atoms with E-state index in [1.165, 1.54) is 0 Å². The van der Waals surface area contributed by atoms with E-state index < -0.39 is 0 Å². The van der Waals surface area contributed by atoms with Gasteiger partial charge in [0, 0.05) is 24.3 Å². The molecule has 1 aromatic rings. The highest BCUT2D eigenvalue weighted by molar-refractivity contribution is 5.21. The molecular weight excluding hydrogens is 176 g/mol. The van der Waals surface area contributed by atoms with Crippen molar-refractivity contribution in [2.75, 3.05) is 0 Å². The second-order valence-corrected chi connectivity index (χ2v) is 4.42. The van der Waals surface area contributed by atoms with Crippen LogP contribution in [-0.4, -0.2) is 9.36 Å². The van der Waals surface area contributed by atoms with Gasteiger partial charge in [-0.1, -0.05) is 13.8 Å². The second-order valence-electron chi connectivity index (χ2n) is 4.42. The van der Waals surface area contributed by atoms with Gasteiger partial charge in [-0.2, -0.15) is 0 Å². The van der Waals surface area contributed by atoms with E-state index in [0.717, 1.165) is 11.3 Å². The molecule has 80 valence electrons. The standard InChI is InChI=1S/C11H20N2O/c1-7(2)10-9(5)12(6)13(8(3)4)11(10)14/h7-8H,1-6H3. The Labute approximate surface area is 85.3 Å². The third-order valence-electron chi connectivity index (χ3n) is 2.70. The fraction of sp³-hybridized carbons (Fsp3) is 0.727. The summed E-state index contributed by atoms with van der Waals surface area (Å²) in [6.07, 6.45) is 0. The molecule has 1 heterocycles. The monoisotopic (exact) mass is 196 g/mol. The second kappa shape index (κ2) is 3.64. The molecule has 0 saturated carbocycles. The van der Waals surface area contributed by atoms with Crippen molar-refractivity contribution in [3.05, 3.63) is 21.6 Å². The zero-order valence-electron chi connectivity index (χ0n) is 9.96. The summed E-state index contributed by atoms with van der Waals surface area (Å²) in [5.74, 6) is 0.300. The quantitative estimate of drug-likeness (QED) is 0.712. The third kappa shape index (κ3) is 1.51. The van der Waals surface area contributed by atoms with Gasteiger partial charge in [-0.05, 0) is 26.7 Å². The lowest BCUT2D eigenvalue weighted by atomic mass is 10.0. The predicted octanol–water partition coefficient (Wildman–Crippen LogP) is 2.20. The van der Waals surface area contributed by atoms with E-state index >= 15 is 0 Å². The Morgan fingerprint density at radius 3 is 1.86 bits per heavy atom. The summed E-state index contributed by atoms with van der Waals surface area (Å²) in [4.78, 5) is 12.0. The first-order valence-electron chi connectivity index (χ1n) is 5.15. The molecule has 0 unspecified atom stereocenters. The molecule has 1 rings (SSSR count). The summed E-state index contributed by atoms with van der Waals surface area (Å²) in [6, 6.07) is 0.221. The van der Waals surface area contributed by atoms with Gasteiger partial charge in [0.2, 0.25) is 0 Å². The summed E-state index contributed by atoms with van der Waals surface area (Å²) in [6.45, 7) is 10.2. The van der Waals surface area contributed by atoms with E-state index in [0.29, 0.717) is 5.92 Å². The first-order valence-corrected chi connectivity index (χ1v) is 5.15. The average molecular weight is 196 g/mol. The average Bonchev–Trinajstić information content (AvgIpc) is 2.23. The maximum atomic E-state index is 12.0. The van der Waals surface area contributed by atoms with Gasteiger partial charge in [0.1, 0.15) is 0 Å². The molecule has 0 aliphatic heterocycles. The minimum atomic E-state index is 0.162. The van der Waals surface area contributed by atoms with Crippen molar-refractivity contribution in [3.63, 3.8) is 0 Å². The summed E-state index contributed by atoms with van der Waals surface area (Å²) >= 11 is 0. The van der Waals surface area contributed by atoms with E-state index in [1.54, 1.807) is 0 Å². The largest absolute Gasteiger partial charge is 0.289 e. The number of aromatic nitrogens is 2. The number of nitrogens with zero attached hydrogens (tertiary/aromatic N) is 2. The van der Waals surface area contributed by atoms with Crippen LogP contribution in [0.15, 0.2) is 4.79 Å². The van der Waals surface area contributed by atoms with Crippen LogP contribution in [0.5, 0.6) is 0 Å². The zero-order valence-corrected chi connectivity index (χ0v) is 9.96. The van der Waals surface area contributed by atoms with E-state index in [4.69, 9.17) is 0 Å². The van der Waals surface area contributed by atoms with Crippen LogP contribution in [-0.2, 0) is 7.05 Å². The van der Waals surface area contributed by atoms with Crippen molar-refractivity contribution in [2.45, 2.75) is 46.6 Å². The van der Waals surface area contributed by atoms with Crippen LogP contribution in [0.4, 0.5) is 0 Å². The maximum Gasteiger partial charge on any atom is 0.270 e. The lowest BCUT2D eigenvalue weighted by molar-refractivity contribution is 0.432. The molecule has 0 saturated heterocycles. The van der Waals surface area contributed by atoms with Crippen LogP contribution < -0.4 is 5.56 Å². The van der Waals surface area contributed by atoms with Crippen molar-refractivity contribution >= 4 is 0 Å². The first-order chi connectivity index (χ1) is 6.37. The van der Waals surface area contributed by atoms with Crippen molar-refractivity contribution < 1.29 is 0 Å². The van der Waals surface area contributed by atoms with E-state index in [2.05, 4.69) is 13.8 Å². The number of hydrogen-bond donors (Lipinski definition) is 0. The Morgan fingerprint density at radius 1 is 1.14 bits per heavy atom. The molecule has 0 radical (unpaired) electrons. The topological polar surface area (TPSA) is 26.9 Å². The molecule has 0 amide bonds. The highest BCUT2D eigenvalue weighted by Crippen LogP contribution is 2.16. The molecule has 0 aliphatic carbocycles. The molecule has 0 atom stereocenters. The Hall–Kier alpha value is -0.990. The van der Waals surface area contributed by atoms with Gasteiger partial charge in [0.15, 0.2) is 0 Å². The van der Waals surface area contributed by atoms with Crippen molar-refractivity contribution in [1.82, 2.24) is 9.36 Å². The van der Waals surface area contributed by atoms with E-state index in [-0.39, 0.29) is 11.6 Å². The van der Waals surface area contributed by atoms with Crippen molar-refractivity contribution in [3.8, 4) is 0 Å². The van der Waals surface area contributed by atoms with Crippen LogP contribution >= 0.6 is 0 Å². The fourth-order valence-corrected chi connectivity index (χ4v) is 2.00. The summed E-state index contributed by atoms with van der Waals surface area (Å²) in [5.41, 5.74) is 2.19. The fourth-order valence-electron chi connectivity index (χ4n) is 2.00. The van der Waals surface area contributed by atoms with Crippen LogP contribution in [0.25, 0.3) is 0 Å². The molecular formula is C11H20N2O. The SMILES string of the molecule is Cc1c(C(C)C)c(=O)n(C(C)C)n1C. The Morgan fingerprint density at radius 2 is 1.64 bits per heavy atom. The molecule has 0 spiro atoms. The molecule has 0 bridgehead atoms. The van der Waals surface area contributed by atoms with Gasteiger partial charge >= 0.3 is 0 Å². The minimum absolute atomic E-state index is 0.162. The molecule has 0 N–H and O–H groups in total. The van der Waals surface area contributed by atoms with Gasteiger partial charge in [0.05, 0.1) is 0 Å². The third-order valence-corrected chi connectivity index (χ3v) is 2.70. The number of rotatable bonds is 2. The Kier molecular flexibility index (Phi) is 2.88. The molecule has 0 aromatic carbocycles. The Bertz CT molecular complexity index is 348. The summed E-state index contributed by atoms with van der Waals surface area (Å²) in [7, 11) is 1.95. The van der Waals surface area contributed by atoms with Crippen LogP contribution in [0, 0.1) is 6.92 Å². The highest BCUT2D eigenvalue weighted by Gasteiger charge is 2.18. The molecule has 0 fully saturated rings. The molecule has 1 aromatic heterocycles. The molecule has 3 heteroatoms. The van der Waals surface area contributed by atoms with E-state index in [9.17, 15) is 4.79 Å². The number of hydrogen-bond acceptors (Lipinski definition) is 1. The zero-order chi connectivity index (χ0) is 11.0. The molecule has 0 aliphatic rings. The Balaban J connectivity index is 3.50. The van der Waals surface area contributed by atoms with Crippen molar-refractivity contribution in [2.24, 2.45) is 7.05 Å². The summed E-state index contributed by atoms with van der Waals surface area (Å²) < 4.78 is 3.77. The van der Waals surface area contributed by atoms with Gasteiger partial charge in [0.25, 0.3) is 5.56 Å². The normalized spacial score (nSPS) is 11.7. The predicted molar refractivity (Wildman–Crippen MR) is 58.9 cm³/mol. The van der Waals surface area contributed by atoms with Gasteiger partial charge in [-0.25, -0.2) is 4.68 Å².